The van der Waals surface area contributed by atoms with Gasteiger partial charge in [0.1, 0.15) is 12.2 Å². The van der Waals surface area contributed by atoms with Crippen LogP contribution in [0.15, 0.2) is 54.6 Å². The van der Waals surface area contributed by atoms with Crippen molar-refractivity contribution < 1.29 is 29.0 Å². The van der Waals surface area contributed by atoms with Crippen LogP contribution in [0.4, 0.5) is 15.3 Å². The fourth-order valence-electron chi connectivity index (χ4n) is 2.48. The Balaban J connectivity index is 1.88. The van der Waals surface area contributed by atoms with E-state index in [4.69, 9.17) is 9.47 Å². The molecule has 0 aliphatic heterocycles. The SMILES string of the molecule is CC(C)(C)OC(=O)N[C@@H](Cc1ccc(NC(=O)OCc2ccccc2)cc1)C(=O)[O-]. The normalized spacial score (nSPS) is 11.8. The Morgan fingerprint density at radius 2 is 1.57 bits per heavy atom. The maximum atomic E-state index is 11.9. The molecule has 2 aromatic rings. The number of benzene rings is 2. The lowest BCUT2D eigenvalue weighted by molar-refractivity contribution is -0.308. The molecule has 0 bridgehead atoms. The maximum Gasteiger partial charge on any atom is 0.411 e. The Morgan fingerprint density at radius 3 is 2.13 bits per heavy atom. The summed E-state index contributed by atoms with van der Waals surface area (Å²) in [6.45, 7) is 5.18. The number of alkyl carbamates (subject to hydrolysis) is 1. The molecule has 2 rings (SSSR count). The van der Waals surface area contributed by atoms with Gasteiger partial charge < -0.3 is 24.7 Å². The fraction of sp³-hybridized carbons (Fsp3) is 0.318. The molecule has 8 heteroatoms. The average Bonchev–Trinajstić information content (AvgIpc) is 2.66. The summed E-state index contributed by atoms with van der Waals surface area (Å²) in [6, 6.07) is 14.5. The summed E-state index contributed by atoms with van der Waals surface area (Å²) in [5.74, 6) is -1.42. The van der Waals surface area contributed by atoms with Crippen LogP contribution in [-0.4, -0.2) is 29.8 Å². The minimum atomic E-state index is -1.42. The Bertz CT molecular complexity index is 859. The van der Waals surface area contributed by atoms with Gasteiger partial charge in [-0.25, -0.2) is 9.59 Å². The number of aliphatic carboxylic acids is 1. The van der Waals surface area contributed by atoms with Crippen LogP contribution in [0, 0.1) is 0 Å². The molecule has 0 aromatic heterocycles. The highest BCUT2D eigenvalue weighted by Gasteiger charge is 2.20. The molecule has 1 atom stereocenters. The first kappa shape index (κ1) is 22.7. The number of hydrogen-bond donors (Lipinski definition) is 2. The van der Waals surface area contributed by atoms with Gasteiger partial charge in [-0.1, -0.05) is 42.5 Å². The van der Waals surface area contributed by atoms with E-state index in [2.05, 4.69) is 10.6 Å². The molecule has 0 heterocycles. The first-order chi connectivity index (χ1) is 14.1. The van der Waals surface area contributed by atoms with Crippen LogP contribution in [0.25, 0.3) is 0 Å². The van der Waals surface area contributed by atoms with E-state index in [-0.39, 0.29) is 13.0 Å². The largest absolute Gasteiger partial charge is 0.548 e. The molecule has 2 aromatic carbocycles. The quantitative estimate of drug-likeness (QED) is 0.721. The van der Waals surface area contributed by atoms with E-state index < -0.39 is 29.8 Å². The van der Waals surface area contributed by atoms with Crippen molar-refractivity contribution in [2.24, 2.45) is 0 Å². The van der Waals surface area contributed by atoms with E-state index in [1.807, 2.05) is 30.3 Å². The van der Waals surface area contributed by atoms with Crippen LogP contribution < -0.4 is 15.7 Å². The standard InChI is InChI=1S/C22H26N2O6/c1-22(2,3)30-21(28)24-18(19(25)26)13-15-9-11-17(12-10-15)23-20(27)29-14-16-7-5-4-6-8-16/h4-12,18H,13-14H2,1-3H3,(H,23,27)(H,24,28)(H,25,26)/p-1/t18-/m0/s1. The number of rotatable bonds is 7. The lowest BCUT2D eigenvalue weighted by Gasteiger charge is -2.24. The number of ether oxygens (including phenoxy) is 2. The van der Waals surface area contributed by atoms with Crippen molar-refractivity contribution in [2.45, 2.75) is 45.4 Å². The first-order valence-corrected chi connectivity index (χ1v) is 9.39. The highest BCUT2D eigenvalue weighted by molar-refractivity contribution is 5.84. The molecule has 8 nitrogen and oxygen atoms in total. The monoisotopic (exact) mass is 413 g/mol. The molecule has 2 amide bonds. The van der Waals surface area contributed by atoms with Gasteiger partial charge in [-0.2, -0.15) is 0 Å². The van der Waals surface area contributed by atoms with Crippen molar-refractivity contribution in [1.29, 1.82) is 0 Å². The van der Waals surface area contributed by atoms with Gasteiger partial charge in [-0.15, -0.1) is 0 Å². The second-order valence-corrected chi connectivity index (χ2v) is 7.61. The molecule has 0 saturated heterocycles. The van der Waals surface area contributed by atoms with E-state index in [0.717, 1.165) is 5.56 Å². The van der Waals surface area contributed by atoms with Crippen LogP contribution in [0.2, 0.25) is 0 Å². The number of nitrogens with one attached hydrogen (secondary N) is 2. The van der Waals surface area contributed by atoms with Crippen molar-refractivity contribution in [2.75, 3.05) is 5.32 Å². The number of carboxylic acids is 1. The number of carboxylic acid groups (broad SMARTS) is 1. The van der Waals surface area contributed by atoms with Crippen LogP contribution in [0.1, 0.15) is 31.9 Å². The second kappa shape index (κ2) is 10.3. The van der Waals surface area contributed by atoms with Gasteiger partial charge in [-0.05, 0) is 50.5 Å². The van der Waals surface area contributed by atoms with Gasteiger partial charge in [0.2, 0.25) is 0 Å². The summed E-state index contributed by atoms with van der Waals surface area (Å²) in [6.07, 6.45) is -1.44. The number of amides is 2. The third-order valence-corrected chi connectivity index (χ3v) is 3.83. The van der Waals surface area contributed by atoms with E-state index in [1.54, 1.807) is 45.0 Å². The van der Waals surface area contributed by atoms with Crippen LogP contribution in [0.5, 0.6) is 0 Å². The van der Waals surface area contributed by atoms with Crippen molar-refractivity contribution in [3.05, 3.63) is 65.7 Å². The third kappa shape index (κ3) is 8.22. The molecular formula is C22H25N2O6-. The summed E-state index contributed by atoms with van der Waals surface area (Å²) in [5.41, 5.74) is 1.24. The number of hydrogen-bond acceptors (Lipinski definition) is 6. The maximum absolute atomic E-state index is 11.9. The minimum absolute atomic E-state index is 0.000307. The molecule has 160 valence electrons. The highest BCUT2D eigenvalue weighted by Crippen LogP contribution is 2.13. The lowest BCUT2D eigenvalue weighted by atomic mass is 10.1. The molecule has 0 spiro atoms. The van der Waals surface area contributed by atoms with E-state index in [0.29, 0.717) is 11.3 Å². The topological polar surface area (TPSA) is 117 Å². The highest BCUT2D eigenvalue weighted by atomic mass is 16.6. The summed E-state index contributed by atoms with van der Waals surface area (Å²) in [7, 11) is 0. The minimum Gasteiger partial charge on any atom is -0.548 e. The molecule has 0 radical (unpaired) electrons. The molecule has 0 unspecified atom stereocenters. The first-order valence-electron chi connectivity index (χ1n) is 9.39. The number of carbonyl (C=O) groups is 3. The zero-order valence-electron chi connectivity index (χ0n) is 17.1. The predicted octanol–water partition coefficient (Wildman–Crippen LogP) is 2.62. The summed E-state index contributed by atoms with van der Waals surface area (Å²) in [5, 5.41) is 16.2. The molecule has 0 fully saturated rings. The summed E-state index contributed by atoms with van der Waals surface area (Å²) in [4.78, 5) is 35.1. The lowest BCUT2D eigenvalue weighted by Crippen LogP contribution is -2.50. The molecule has 0 aliphatic rings. The smallest absolute Gasteiger partial charge is 0.411 e. The average molecular weight is 413 g/mol. The van der Waals surface area contributed by atoms with Crippen molar-refractivity contribution in [3.63, 3.8) is 0 Å². The predicted molar refractivity (Wildman–Crippen MR) is 109 cm³/mol. The Hall–Kier alpha value is -3.55. The second-order valence-electron chi connectivity index (χ2n) is 7.61. The Morgan fingerprint density at radius 1 is 0.933 bits per heavy atom. The van der Waals surface area contributed by atoms with E-state index >= 15 is 0 Å². The fourth-order valence-corrected chi connectivity index (χ4v) is 2.48. The van der Waals surface area contributed by atoms with Gasteiger partial charge in [-0.3, -0.25) is 5.32 Å². The van der Waals surface area contributed by atoms with Crippen LogP contribution >= 0.6 is 0 Å². The summed E-state index contributed by atoms with van der Waals surface area (Å²) < 4.78 is 10.2. The van der Waals surface area contributed by atoms with Crippen molar-refractivity contribution >= 4 is 23.8 Å². The van der Waals surface area contributed by atoms with Gasteiger partial charge in [0.25, 0.3) is 0 Å². The molecule has 30 heavy (non-hydrogen) atoms. The van der Waals surface area contributed by atoms with Gasteiger partial charge in [0.15, 0.2) is 0 Å². The molecule has 0 aliphatic carbocycles. The van der Waals surface area contributed by atoms with E-state index in [9.17, 15) is 19.5 Å². The molecule has 0 saturated carbocycles. The van der Waals surface area contributed by atoms with Crippen molar-refractivity contribution in [1.82, 2.24) is 5.32 Å². The van der Waals surface area contributed by atoms with Gasteiger partial charge in [0, 0.05) is 5.69 Å². The number of anilines is 1. The van der Waals surface area contributed by atoms with E-state index in [1.165, 1.54) is 0 Å². The van der Waals surface area contributed by atoms with Crippen LogP contribution in [-0.2, 0) is 27.3 Å². The Kier molecular flexibility index (Phi) is 7.80. The van der Waals surface area contributed by atoms with Gasteiger partial charge >= 0.3 is 12.2 Å². The van der Waals surface area contributed by atoms with Crippen molar-refractivity contribution in [3.8, 4) is 0 Å². The zero-order chi connectivity index (χ0) is 22.1. The third-order valence-electron chi connectivity index (χ3n) is 3.83. The van der Waals surface area contributed by atoms with Gasteiger partial charge in [0.05, 0.1) is 12.0 Å². The summed E-state index contributed by atoms with van der Waals surface area (Å²) >= 11 is 0. The van der Waals surface area contributed by atoms with Crippen LogP contribution in [0.3, 0.4) is 0 Å². The zero-order valence-corrected chi connectivity index (χ0v) is 17.1. The Labute approximate surface area is 175 Å². The molecular weight excluding hydrogens is 388 g/mol. The molecule has 2 N–H and O–H groups in total. The number of carbonyl (C=O) groups excluding carboxylic acids is 3.